The second kappa shape index (κ2) is 7.57. The largest absolute Gasteiger partial charge is 0.433 e. The van der Waals surface area contributed by atoms with Crippen LogP contribution in [-0.4, -0.2) is 24.2 Å². The van der Waals surface area contributed by atoms with E-state index >= 15 is 0 Å². The van der Waals surface area contributed by atoms with E-state index in [0.29, 0.717) is 17.0 Å². The van der Waals surface area contributed by atoms with Crippen molar-refractivity contribution < 1.29 is 17.6 Å². The van der Waals surface area contributed by atoms with Crippen LogP contribution in [0.1, 0.15) is 16.1 Å². The van der Waals surface area contributed by atoms with Gasteiger partial charge in [0.25, 0.3) is 0 Å². The summed E-state index contributed by atoms with van der Waals surface area (Å²) in [5, 5.41) is 0. The topological polar surface area (TPSA) is 90.1 Å². The smallest absolute Gasteiger partial charge is 0.229 e. The number of thiazole rings is 1. The summed E-state index contributed by atoms with van der Waals surface area (Å²) >= 11 is 1.45. The second-order valence-electron chi connectivity index (χ2n) is 6.73. The lowest BCUT2D eigenvalue weighted by molar-refractivity contribution is 0.101. The number of aromatic nitrogens is 2. The van der Waals surface area contributed by atoms with Crippen molar-refractivity contribution in [2.24, 2.45) is 0 Å². The Labute approximate surface area is 181 Å². The predicted octanol–water partition coefficient (Wildman–Crippen LogP) is 5.02. The molecule has 6 nitrogen and oxygen atoms in total. The van der Waals surface area contributed by atoms with Gasteiger partial charge >= 0.3 is 0 Å². The van der Waals surface area contributed by atoms with Crippen LogP contribution in [0.4, 0.5) is 0 Å². The molecule has 0 saturated carbocycles. The summed E-state index contributed by atoms with van der Waals surface area (Å²) in [6.45, 7) is 0. The molecule has 0 N–H and O–H groups in total. The maximum atomic E-state index is 13.0. The molecule has 0 aliphatic rings. The van der Waals surface area contributed by atoms with Crippen LogP contribution in [0.5, 0.6) is 0 Å². The normalized spacial score (nSPS) is 11.6. The molecular weight excluding hydrogens is 432 g/mol. The molecule has 2 heterocycles. The number of fused-ring (bicyclic) bond motifs is 1. The van der Waals surface area contributed by atoms with Gasteiger partial charge in [0, 0.05) is 11.1 Å². The van der Waals surface area contributed by atoms with E-state index < -0.39 is 9.84 Å². The van der Waals surface area contributed by atoms with E-state index in [-0.39, 0.29) is 21.3 Å². The van der Waals surface area contributed by atoms with Gasteiger partial charge in [-0.3, -0.25) is 4.79 Å². The number of hydrogen-bond acceptors (Lipinski definition) is 7. The molecule has 0 saturated heterocycles. The number of sulfone groups is 1. The molecule has 0 aliphatic carbocycles. The molecule has 5 aromatic rings. The Balaban J connectivity index is 1.42. The molecule has 0 bridgehead atoms. The van der Waals surface area contributed by atoms with Crippen molar-refractivity contribution in [3.05, 3.63) is 95.8 Å². The van der Waals surface area contributed by atoms with Gasteiger partial charge in [0.15, 0.2) is 5.76 Å². The third kappa shape index (κ3) is 3.56. The van der Waals surface area contributed by atoms with E-state index in [1.165, 1.54) is 41.8 Å². The van der Waals surface area contributed by atoms with E-state index in [1.807, 2.05) is 30.3 Å². The highest BCUT2D eigenvalue weighted by atomic mass is 32.2. The maximum Gasteiger partial charge on any atom is 0.229 e. The molecule has 0 amide bonds. The molecule has 31 heavy (non-hydrogen) atoms. The molecule has 0 aliphatic heterocycles. The molecule has 3 aromatic carbocycles. The Bertz CT molecular complexity index is 1500. The fourth-order valence-electron chi connectivity index (χ4n) is 3.16. The number of rotatable bonds is 5. The molecule has 152 valence electrons. The lowest BCUT2D eigenvalue weighted by Gasteiger charge is -2.06. The number of nitrogens with zero attached hydrogens (tertiary/aromatic N) is 2. The summed E-state index contributed by atoms with van der Waals surface area (Å²) in [5.41, 5.74) is 3.39. The molecule has 5 rings (SSSR count). The molecule has 0 fully saturated rings. The van der Waals surface area contributed by atoms with Crippen molar-refractivity contribution >= 4 is 37.2 Å². The highest BCUT2D eigenvalue weighted by Gasteiger charge is 2.21. The van der Waals surface area contributed by atoms with Gasteiger partial charge in [-0.1, -0.05) is 18.2 Å². The van der Waals surface area contributed by atoms with Crippen LogP contribution in [0.2, 0.25) is 0 Å². The number of ketones is 1. The molecule has 0 atom stereocenters. The van der Waals surface area contributed by atoms with Crippen LogP contribution in [0.15, 0.2) is 98.7 Å². The van der Waals surface area contributed by atoms with Crippen molar-refractivity contribution in [1.82, 2.24) is 9.97 Å². The Hall–Kier alpha value is -3.62. The molecule has 0 radical (unpaired) electrons. The Morgan fingerprint density at radius 3 is 2.39 bits per heavy atom. The van der Waals surface area contributed by atoms with Crippen molar-refractivity contribution in [2.75, 3.05) is 0 Å². The minimum atomic E-state index is -3.73. The van der Waals surface area contributed by atoms with Crippen LogP contribution < -0.4 is 0 Å². The summed E-state index contributed by atoms with van der Waals surface area (Å²) in [6, 6.07) is 19.9. The average molecular weight is 447 g/mol. The van der Waals surface area contributed by atoms with Gasteiger partial charge in [-0.05, 0) is 54.6 Å². The van der Waals surface area contributed by atoms with Crippen LogP contribution in [-0.2, 0) is 9.84 Å². The maximum absolute atomic E-state index is 13.0. The van der Waals surface area contributed by atoms with Crippen molar-refractivity contribution in [1.29, 1.82) is 0 Å². The van der Waals surface area contributed by atoms with Gasteiger partial charge in [-0.25, -0.2) is 18.4 Å². The fourth-order valence-corrected chi connectivity index (χ4v) is 5.10. The second-order valence-corrected chi connectivity index (χ2v) is 9.57. The van der Waals surface area contributed by atoms with E-state index in [4.69, 9.17) is 4.42 Å². The van der Waals surface area contributed by atoms with Gasteiger partial charge in [0.2, 0.25) is 21.5 Å². The summed E-state index contributed by atoms with van der Waals surface area (Å²) in [7, 11) is -3.73. The zero-order chi connectivity index (χ0) is 21.4. The lowest BCUT2D eigenvalue weighted by Crippen LogP contribution is -2.04. The monoisotopic (exact) mass is 446 g/mol. The molecule has 2 aromatic heterocycles. The molecule has 0 unspecified atom stereocenters. The summed E-state index contributed by atoms with van der Waals surface area (Å²) in [4.78, 5) is 21.3. The number of oxazole rings is 1. The fraction of sp³-hybridized carbons (Fsp3) is 0. The Morgan fingerprint density at radius 2 is 1.61 bits per heavy atom. The number of carbonyl (C=O) groups excluding carboxylic acids is 1. The predicted molar refractivity (Wildman–Crippen MR) is 117 cm³/mol. The summed E-state index contributed by atoms with van der Waals surface area (Å²) in [5.74, 6) is 0.0616. The molecule has 0 spiro atoms. The standard InChI is InChI=1S/C23H14N2O4S2/c26-22(20-13-24-23(29-20)16-4-2-1-3-5-16)15-6-8-17(9-7-15)31(27,28)18-10-11-21-19(12-18)25-14-30-21/h1-14H. The third-order valence-corrected chi connectivity index (χ3v) is 7.37. The van der Waals surface area contributed by atoms with Gasteiger partial charge in [0.05, 0.1) is 31.7 Å². The Morgan fingerprint density at radius 1 is 0.871 bits per heavy atom. The van der Waals surface area contributed by atoms with Crippen LogP contribution in [0.25, 0.3) is 21.7 Å². The SMILES string of the molecule is O=C(c1ccc(S(=O)(=O)c2ccc3scnc3c2)cc1)c1cnc(-c2ccccc2)o1. The van der Waals surface area contributed by atoms with E-state index in [1.54, 1.807) is 23.7 Å². The molecule has 8 heteroatoms. The van der Waals surface area contributed by atoms with Crippen LogP contribution in [0.3, 0.4) is 0 Å². The minimum absolute atomic E-state index is 0.0865. The van der Waals surface area contributed by atoms with Gasteiger partial charge in [0.1, 0.15) is 0 Å². The van der Waals surface area contributed by atoms with Crippen LogP contribution >= 0.6 is 11.3 Å². The minimum Gasteiger partial charge on any atom is -0.433 e. The number of benzene rings is 3. The van der Waals surface area contributed by atoms with E-state index in [9.17, 15) is 13.2 Å². The zero-order valence-corrected chi connectivity index (χ0v) is 17.6. The first-order valence-electron chi connectivity index (χ1n) is 9.27. The quantitative estimate of drug-likeness (QED) is 0.352. The van der Waals surface area contributed by atoms with Gasteiger partial charge in [-0.15, -0.1) is 11.3 Å². The number of carbonyl (C=O) groups is 1. The first-order valence-corrected chi connectivity index (χ1v) is 11.6. The first-order chi connectivity index (χ1) is 15.0. The van der Waals surface area contributed by atoms with E-state index in [0.717, 1.165) is 10.3 Å². The zero-order valence-electron chi connectivity index (χ0n) is 15.9. The summed E-state index contributed by atoms with van der Waals surface area (Å²) < 4.78 is 32.5. The summed E-state index contributed by atoms with van der Waals surface area (Å²) in [6.07, 6.45) is 1.37. The van der Waals surface area contributed by atoms with Gasteiger partial charge < -0.3 is 4.42 Å². The van der Waals surface area contributed by atoms with Gasteiger partial charge in [-0.2, -0.15) is 0 Å². The van der Waals surface area contributed by atoms with Crippen molar-refractivity contribution in [3.8, 4) is 11.5 Å². The Kier molecular flexibility index (Phi) is 4.72. The first kappa shape index (κ1) is 19.3. The molecular formula is C23H14N2O4S2. The van der Waals surface area contributed by atoms with Crippen molar-refractivity contribution in [3.63, 3.8) is 0 Å². The van der Waals surface area contributed by atoms with Crippen molar-refractivity contribution in [2.45, 2.75) is 9.79 Å². The average Bonchev–Trinajstić information content (AvgIpc) is 3.48. The third-order valence-electron chi connectivity index (χ3n) is 4.79. The highest BCUT2D eigenvalue weighted by Crippen LogP contribution is 2.27. The van der Waals surface area contributed by atoms with Crippen LogP contribution in [0, 0.1) is 0 Å². The number of hydrogen-bond donors (Lipinski definition) is 0. The highest BCUT2D eigenvalue weighted by molar-refractivity contribution is 7.91. The van der Waals surface area contributed by atoms with E-state index in [2.05, 4.69) is 9.97 Å². The lowest BCUT2D eigenvalue weighted by atomic mass is 10.1.